The number of hydrogen-bond donors (Lipinski definition) is 1. The molecule has 1 fully saturated rings. The molecule has 0 radical (unpaired) electrons. The molecule has 94 valence electrons. The molecule has 0 aliphatic heterocycles. The maximum atomic E-state index is 12.6. The normalized spacial score (nSPS) is 16.0. The van der Waals surface area contributed by atoms with Gasteiger partial charge in [0.2, 0.25) is 0 Å². The third kappa shape index (κ3) is 3.12. The molecule has 1 aliphatic rings. The molecule has 0 saturated heterocycles. The van der Waals surface area contributed by atoms with Crippen LogP contribution in [0.25, 0.3) is 0 Å². The lowest BCUT2D eigenvalue weighted by Gasteiger charge is -2.13. The lowest BCUT2D eigenvalue weighted by Crippen LogP contribution is -2.16. The third-order valence-corrected chi connectivity index (χ3v) is 2.74. The van der Waals surface area contributed by atoms with Gasteiger partial charge >= 0.3 is 6.18 Å². The number of methoxy groups -OCH3 is 1. The van der Waals surface area contributed by atoms with Gasteiger partial charge in [0.15, 0.2) is 0 Å². The fourth-order valence-corrected chi connectivity index (χ4v) is 1.63. The Labute approximate surface area is 97.8 Å². The summed E-state index contributed by atoms with van der Waals surface area (Å²) in [6, 6.07) is 4.53. The molecule has 0 bridgehead atoms. The maximum absolute atomic E-state index is 12.6. The van der Waals surface area contributed by atoms with Crippen molar-refractivity contribution in [3.8, 4) is 5.75 Å². The van der Waals surface area contributed by atoms with Gasteiger partial charge in [-0.3, -0.25) is 0 Å². The van der Waals surface area contributed by atoms with E-state index in [0.717, 1.165) is 24.5 Å². The molecule has 0 amide bonds. The molecule has 0 atom stereocenters. The molecular weight excluding hydrogens is 231 g/mol. The van der Waals surface area contributed by atoms with Gasteiger partial charge in [-0.1, -0.05) is 6.07 Å². The number of hydrogen-bond acceptors (Lipinski definition) is 2. The van der Waals surface area contributed by atoms with E-state index in [-0.39, 0.29) is 5.75 Å². The minimum Gasteiger partial charge on any atom is -0.496 e. The smallest absolute Gasteiger partial charge is 0.419 e. The van der Waals surface area contributed by atoms with Crippen LogP contribution in [0.2, 0.25) is 0 Å². The molecule has 1 N–H and O–H groups in total. The van der Waals surface area contributed by atoms with Gasteiger partial charge < -0.3 is 10.1 Å². The summed E-state index contributed by atoms with van der Waals surface area (Å²) >= 11 is 0. The lowest BCUT2D eigenvalue weighted by molar-refractivity contribution is -0.138. The number of halogens is 3. The topological polar surface area (TPSA) is 21.3 Å². The lowest BCUT2D eigenvalue weighted by atomic mass is 10.1. The first kappa shape index (κ1) is 12.2. The number of nitrogens with one attached hydrogen (secondary N) is 1. The fraction of sp³-hybridized carbons (Fsp3) is 0.500. The highest BCUT2D eigenvalue weighted by Crippen LogP contribution is 2.36. The van der Waals surface area contributed by atoms with Crippen LogP contribution in [0.3, 0.4) is 0 Å². The van der Waals surface area contributed by atoms with Crippen LogP contribution in [0.5, 0.6) is 5.75 Å². The van der Waals surface area contributed by atoms with Crippen LogP contribution in [-0.2, 0) is 12.7 Å². The van der Waals surface area contributed by atoms with Crippen molar-refractivity contribution in [2.24, 2.45) is 0 Å². The van der Waals surface area contributed by atoms with Crippen molar-refractivity contribution in [3.63, 3.8) is 0 Å². The van der Waals surface area contributed by atoms with E-state index in [4.69, 9.17) is 4.74 Å². The van der Waals surface area contributed by atoms with E-state index in [0.29, 0.717) is 12.6 Å². The van der Waals surface area contributed by atoms with Crippen molar-refractivity contribution in [3.05, 3.63) is 29.3 Å². The molecule has 0 heterocycles. The Balaban J connectivity index is 2.14. The zero-order valence-electron chi connectivity index (χ0n) is 9.47. The molecule has 0 aromatic heterocycles. The van der Waals surface area contributed by atoms with Gasteiger partial charge in [0.25, 0.3) is 0 Å². The molecule has 1 aliphatic carbocycles. The van der Waals surface area contributed by atoms with Crippen molar-refractivity contribution in [1.29, 1.82) is 0 Å². The molecule has 1 aromatic rings. The standard InChI is InChI=1S/C12H14F3NO/c1-17-11-6-8(7-16-9-3-4-9)2-5-10(11)12(13,14)15/h2,5-6,9,16H,3-4,7H2,1H3. The summed E-state index contributed by atoms with van der Waals surface area (Å²) in [7, 11) is 1.25. The molecule has 2 rings (SSSR count). The Morgan fingerprint density at radius 3 is 2.59 bits per heavy atom. The summed E-state index contributed by atoms with van der Waals surface area (Å²) in [5.41, 5.74) is 0.0805. The summed E-state index contributed by atoms with van der Waals surface area (Å²) in [4.78, 5) is 0. The van der Waals surface area contributed by atoms with E-state index < -0.39 is 11.7 Å². The highest BCUT2D eigenvalue weighted by atomic mass is 19.4. The Bertz CT molecular complexity index is 399. The largest absolute Gasteiger partial charge is 0.496 e. The van der Waals surface area contributed by atoms with Crippen molar-refractivity contribution in [2.75, 3.05) is 7.11 Å². The Morgan fingerprint density at radius 1 is 1.35 bits per heavy atom. The van der Waals surface area contributed by atoms with Crippen molar-refractivity contribution in [1.82, 2.24) is 5.32 Å². The minimum atomic E-state index is -4.37. The van der Waals surface area contributed by atoms with E-state index in [9.17, 15) is 13.2 Å². The van der Waals surface area contributed by atoms with E-state index in [2.05, 4.69) is 5.32 Å². The Morgan fingerprint density at radius 2 is 2.06 bits per heavy atom. The monoisotopic (exact) mass is 245 g/mol. The summed E-state index contributed by atoms with van der Waals surface area (Å²) in [5, 5.41) is 3.25. The van der Waals surface area contributed by atoms with E-state index in [1.54, 1.807) is 0 Å². The molecule has 5 heteroatoms. The van der Waals surface area contributed by atoms with Crippen molar-refractivity contribution >= 4 is 0 Å². The predicted octanol–water partition coefficient (Wildman–Crippen LogP) is 2.97. The number of rotatable bonds is 4. The van der Waals surface area contributed by atoms with Gasteiger partial charge in [-0.25, -0.2) is 0 Å². The van der Waals surface area contributed by atoms with Crippen LogP contribution in [0.15, 0.2) is 18.2 Å². The van der Waals surface area contributed by atoms with Gasteiger partial charge in [0.1, 0.15) is 5.75 Å². The van der Waals surface area contributed by atoms with Crippen LogP contribution >= 0.6 is 0 Å². The van der Waals surface area contributed by atoms with Gasteiger partial charge in [0.05, 0.1) is 12.7 Å². The summed E-state index contributed by atoms with van der Waals surface area (Å²) in [6.45, 7) is 0.583. The van der Waals surface area contributed by atoms with Gasteiger partial charge in [-0.2, -0.15) is 13.2 Å². The van der Waals surface area contributed by atoms with E-state index >= 15 is 0 Å². The Kier molecular flexibility index (Phi) is 3.28. The van der Waals surface area contributed by atoms with E-state index in [1.165, 1.54) is 19.2 Å². The highest BCUT2D eigenvalue weighted by Gasteiger charge is 2.34. The minimum absolute atomic E-state index is 0.118. The average molecular weight is 245 g/mol. The van der Waals surface area contributed by atoms with E-state index in [1.807, 2.05) is 0 Å². The Hall–Kier alpha value is -1.23. The van der Waals surface area contributed by atoms with Gasteiger partial charge in [0, 0.05) is 12.6 Å². The van der Waals surface area contributed by atoms with Crippen LogP contribution in [-0.4, -0.2) is 13.2 Å². The maximum Gasteiger partial charge on any atom is 0.419 e. The zero-order chi connectivity index (χ0) is 12.5. The number of benzene rings is 1. The van der Waals surface area contributed by atoms with Gasteiger partial charge in [-0.05, 0) is 30.5 Å². The first-order valence-electron chi connectivity index (χ1n) is 5.48. The predicted molar refractivity (Wildman–Crippen MR) is 57.9 cm³/mol. The number of alkyl halides is 3. The number of ether oxygens (including phenoxy) is 1. The van der Waals surface area contributed by atoms with Crippen molar-refractivity contribution in [2.45, 2.75) is 31.6 Å². The van der Waals surface area contributed by atoms with Crippen LogP contribution in [0.4, 0.5) is 13.2 Å². The molecule has 2 nitrogen and oxygen atoms in total. The second-order valence-corrected chi connectivity index (χ2v) is 4.19. The summed E-state index contributed by atoms with van der Waals surface area (Å²) in [5.74, 6) is -0.118. The van der Waals surface area contributed by atoms with Crippen molar-refractivity contribution < 1.29 is 17.9 Å². The molecular formula is C12H14F3NO. The average Bonchev–Trinajstić information content (AvgIpc) is 3.08. The first-order valence-corrected chi connectivity index (χ1v) is 5.48. The quantitative estimate of drug-likeness (QED) is 0.880. The second kappa shape index (κ2) is 4.56. The molecule has 0 spiro atoms. The summed E-state index contributed by atoms with van der Waals surface area (Å²) < 4.78 is 42.6. The molecule has 1 aromatic carbocycles. The second-order valence-electron chi connectivity index (χ2n) is 4.19. The first-order chi connectivity index (χ1) is 8.00. The van der Waals surface area contributed by atoms with Crippen LogP contribution in [0, 0.1) is 0 Å². The summed E-state index contributed by atoms with van der Waals surface area (Å²) in [6.07, 6.45) is -2.07. The SMILES string of the molecule is COc1cc(CNC2CC2)ccc1C(F)(F)F. The van der Waals surface area contributed by atoms with Gasteiger partial charge in [-0.15, -0.1) is 0 Å². The fourth-order valence-electron chi connectivity index (χ4n) is 1.63. The molecule has 17 heavy (non-hydrogen) atoms. The highest BCUT2D eigenvalue weighted by molar-refractivity contribution is 5.39. The molecule has 0 unspecified atom stereocenters. The zero-order valence-corrected chi connectivity index (χ0v) is 9.47. The molecule has 1 saturated carbocycles. The van der Waals surface area contributed by atoms with Crippen LogP contribution in [0.1, 0.15) is 24.0 Å². The van der Waals surface area contributed by atoms with Crippen LogP contribution < -0.4 is 10.1 Å². The third-order valence-electron chi connectivity index (χ3n) is 2.74.